The molecule has 2 nitrogen and oxygen atoms in total. The molecule has 0 saturated carbocycles. The molecule has 1 N–H and O–H groups in total. The number of anilines is 1. The van der Waals surface area contributed by atoms with Crippen molar-refractivity contribution < 1.29 is 0 Å². The molecule has 22 heavy (non-hydrogen) atoms. The molecule has 0 spiro atoms. The smallest absolute Gasteiger partial charge is 0.0508 e. The first-order valence-corrected chi connectivity index (χ1v) is 8.35. The normalized spacial score (nSPS) is 14.5. The SMILES string of the molecule is Cc1ccc(Sc2ccccc2N2CCNCC2)cc1C.Cl. The number of halogens is 1. The molecule has 0 aromatic heterocycles. The zero-order valence-electron chi connectivity index (χ0n) is 13.1. The maximum absolute atomic E-state index is 3.42. The zero-order chi connectivity index (χ0) is 14.7. The summed E-state index contributed by atoms with van der Waals surface area (Å²) in [6, 6.07) is 15.5. The highest BCUT2D eigenvalue weighted by Gasteiger charge is 2.14. The van der Waals surface area contributed by atoms with E-state index in [9.17, 15) is 0 Å². The van der Waals surface area contributed by atoms with Crippen LogP contribution in [0, 0.1) is 13.8 Å². The van der Waals surface area contributed by atoms with Crippen molar-refractivity contribution in [3.05, 3.63) is 53.6 Å². The highest BCUT2D eigenvalue weighted by molar-refractivity contribution is 7.99. The molecule has 118 valence electrons. The van der Waals surface area contributed by atoms with Crippen LogP contribution in [0.4, 0.5) is 5.69 Å². The predicted octanol–water partition coefficient (Wildman–Crippen LogP) is 4.29. The third kappa shape index (κ3) is 3.97. The van der Waals surface area contributed by atoms with E-state index in [4.69, 9.17) is 0 Å². The third-order valence-electron chi connectivity index (χ3n) is 4.03. The van der Waals surface area contributed by atoms with Gasteiger partial charge in [-0.25, -0.2) is 0 Å². The van der Waals surface area contributed by atoms with Gasteiger partial charge in [-0.2, -0.15) is 0 Å². The van der Waals surface area contributed by atoms with E-state index in [1.54, 1.807) is 0 Å². The lowest BCUT2D eigenvalue weighted by molar-refractivity contribution is 0.587. The summed E-state index contributed by atoms with van der Waals surface area (Å²) in [6.45, 7) is 8.67. The Bertz CT molecular complexity index is 624. The lowest BCUT2D eigenvalue weighted by atomic mass is 10.1. The van der Waals surface area contributed by atoms with Gasteiger partial charge in [-0.1, -0.05) is 30.0 Å². The van der Waals surface area contributed by atoms with Crippen LogP contribution in [-0.2, 0) is 0 Å². The second kappa shape index (κ2) is 7.91. The number of para-hydroxylation sites is 1. The fourth-order valence-corrected chi connectivity index (χ4v) is 3.69. The summed E-state index contributed by atoms with van der Waals surface area (Å²) in [4.78, 5) is 5.16. The van der Waals surface area contributed by atoms with Gasteiger partial charge in [0.25, 0.3) is 0 Å². The molecule has 4 heteroatoms. The Balaban J connectivity index is 0.00000176. The van der Waals surface area contributed by atoms with Gasteiger partial charge in [0.15, 0.2) is 0 Å². The average Bonchev–Trinajstić information content (AvgIpc) is 2.52. The van der Waals surface area contributed by atoms with E-state index in [1.165, 1.54) is 26.6 Å². The monoisotopic (exact) mass is 334 g/mol. The number of hydrogen-bond acceptors (Lipinski definition) is 3. The van der Waals surface area contributed by atoms with Gasteiger partial charge in [0.1, 0.15) is 0 Å². The topological polar surface area (TPSA) is 15.3 Å². The molecular weight excluding hydrogens is 312 g/mol. The van der Waals surface area contributed by atoms with Crippen molar-refractivity contribution in [2.75, 3.05) is 31.1 Å². The number of hydrogen-bond donors (Lipinski definition) is 1. The summed E-state index contributed by atoms with van der Waals surface area (Å²) in [7, 11) is 0. The van der Waals surface area contributed by atoms with Crippen molar-refractivity contribution in [2.45, 2.75) is 23.6 Å². The van der Waals surface area contributed by atoms with Gasteiger partial charge in [-0.15, -0.1) is 12.4 Å². The Kier molecular flexibility index (Phi) is 6.18. The molecule has 3 rings (SSSR count). The molecular formula is C18H23ClN2S. The summed E-state index contributed by atoms with van der Waals surface area (Å²) >= 11 is 1.87. The largest absolute Gasteiger partial charge is 0.368 e. The second-order valence-electron chi connectivity index (χ2n) is 5.55. The molecule has 2 aromatic carbocycles. The number of nitrogens with one attached hydrogen (secondary N) is 1. The predicted molar refractivity (Wildman–Crippen MR) is 98.8 cm³/mol. The Morgan fingerprint density at radius 3 is 2.41 bits per heavy atom. The van der Waals surface area contributed by atoms with Gasteiger partial charge >= 0.3 is 0 Å². The Morgan fingerprint density at radius 2 is 1.68 bits per heavy atom. The molecule has 0 amide bonds. The van der Waals surface area contributed by atoms with E-state index in [-0.39, 0.29) is 12.4 Å². The molecule has 0 radical (unpaired) electrons. The molecule has 1 heterocycles. The van der Waals surface area contributed by atoms with Crippen molar-refractivity contribution in [2.24, 2.45) is 0 Å². The summed E-state index contributed by atoms with van der Waals surface area (Å²) in [5.41, 5.74) is 4.08. The first kappa shape index (κ1) is 17.2. The molecule has 0 unspecified atom stereocenters. The van der Waals surface area contributed by atoms with E-state index >= 15 is 0 Å². The zero-order valence-corrected chi connectivity index (χ0v) is 14.8. The number of benzene rings is 2. The quantitative estimate of drug-likeness (QED) is 0.901. The lowest BCUT2D eigenvalue weighted by Crippen LogP contribution is -2.43. The van der Waals surface area contributed by atoms with Gasteiger partial charge in [0.2, 0.25) is 0 Å². The van der Waals surface area contributed by atoms with Gasteiger partial charge in [0, 0.05) is 36.0 Å². The third-order valence-corrected chi connectivity index (χ3v) is 5.08. The molecule has 1 fully saturated rings. The van der Waals surface area contributed by atoms with Crippen LogP contribution < -0.4 is 10.2 Å². The maximum atomic E-state index is 3.42. The minimum absolute atomic E-state index is 0. The number of piperazine rings is 1. The molecule has 1 saturated heterocycles. The van der Waals surface area contributed by atoms with E-state index < -0.39 is 0 Å². The van der Waals surface area contributed by atoms with Crippen LogP contribution in [0.15, 0.2) is 52.3 Å². The second-order valence-corrected chi connectivity index (χ2v) is 6.67. The highest BCUT2D eigenvalue weighted by atomic mass is 35.5. The fourth-order valence-electron chi connectivity index (χ4n) is 2.61. The minimum atomic E-state index is 0. The first-order chi connectivity index (χ1) is 10.2. The van der Waals surface area contributed by atoms with E-state index in [2.05, 4.69) is 66.5 Å². The molecule has 1 aliphatic rings. The summed E-state index contributed by atoms with van der Waals surface area (Å²) in [6.07, 6.45) is 0. The van der Waals surface area contributed by atoms with Crippen molar-refractivity contribution in [3.63, 3.8) is 0 Å². The van der Waals surface area contributed by atoms with Crippen molar-refractivity contribution >= 4 is 29.9 Å². The highest BCUT2D eigenvalue weighted by Crippen LogP contribution is 2.36. The molecule has 0 aliphatic carbocycles. The standard InChI is InChI=1S/C18H22N2S.ClH/c1-14-7-8-16(13-15(14)2)21-18-6-4-3-5-17(18)20-11-9-19-10-12-20;/h3-8,13,19H,9-12H2,1-2H3;1H. The Hall–Kier alpha value is -1.16. The van der Waals surface area contributed by atoms with Crippen LogP contribution in [0.1, 0.15) is 11.1 Å². The molecule has 0 bridgehead atoms. The fraction of sp³-hybridized carbons (Fsp3) is 0.333. The van der Waals surface area contributed by atoms with Crippen LogP contribution in [-0.4, -0.2) is 26.2 Å². The molecule has 0 atom stereocenters. The van der Waals surface area contributed by atoms with Crippen LogP contribution in [0.5, 0.6) is 0 Å². The average molecular weight is 335 g/mol. The Labute approximate surface area is 143 Å². The summed E-state index contributed by atoms with van der Waals surface area (Å²) in [5.74, 6) is 0. The van der Waals surface area contributed by atoms with Gasteiger partial charge in [-0.05, 0) is 49.2 Å². The van der Waals surface area contributed by atoms with Crippen LogP contribution in [0.2, 0.25) is 0 Å². The minimum Gasteiger partial charge on any atom is -0.368 e. The maximum Gasteiger partial charge on any atom is 0.0508 e. The van der Waals surface area contributed by atoms with Crippen LogP contribution in [0.3, 0.4) is 0 Å². The Morgan fingerprint density at radius 1 is 0.955 bits per heavy atom. The van der Waals surface area contributed by atoms with E-state index in [0.717, 1.165) is 26.2 Å². The van der Waals surface area contributed by atoms with Crippen LogP contribution >= 0.6 is 24.2 Å². The van der Waals surface area contributed by atoms with Crippen molar-refractivity contribution in [3.8, 4) is 0 Å². The van der Waals surface area contributed by atoms with Gasteiger partial charge in [-0.3, -0.25) is 0 Å². The van der Waals surface area contributed by atoms with Crippen molar-refractivity contribution in [1.82, 2.24) is 5.32 Å². The van der Waals surface area contributed by atoms with Gasteiger partial charge in [0.05, 0.1) is 5.69 Å². The number of aryl methyl sites for hydroxylation is 2. The number of nitrogens with zero attached hydrogens (tertiary/aromatic N) is 1. The van der Waals surface area contributed by atoms with Crippen molar-refractivity contribution in [1.29, 1.82) is 0 Å². The summed E-state index contributed by atoms with van der Waals surface area (Å²) in [5, 5.41) is 3.42. The van der Waals surface area contributed by atoms with E-state index in [0.29, 0.717) is 0 Å². The number of rotatable bonds is 3. The summed E-state index contributed by atoms with van der Waals surface area (Å²) < 4.78 is 0. The lowest BCUT2D eigenvalue weighted by Gasteiger charge is -2.31. The first-order valence-electron chi connectivity index (χ1n) is 7.54. The van der Waals surface area contributed by atoms with E-state index in [1.807, 2.05) is 11.8 Å². The van der Waals surface area contributed by atoms with Gasteiger partial charge < -0.3 is 10.2 Å². The van der Waals surface area contributed by atoms with Crippen LogP contribution in [0.25, 0.3) is 0 Å². The molecule has 2 aromatic rings. The molecule has 1 aliphatic heterocycles.